The summed E-state index contributed by atoms with van der Waals surface area (Å²) in [6.45, 7) is 7.92. The van der Waals surface area contributed by atoms with Gasteiger partial charge in [0.15, 0.2) is 5.82 Å². The Labute approximate surface area is 158 Å². The van der Waals surface area contributed by atoms with Crippen LogP contribution in [-0.2, 0) is 11.3 Å². The molecule has 26 heavy (non-hydrogen) atoms. The van der Waals surface area contributed by atoms with E-state index in [4.69, 9.17) is 14.7 Å². The van der Waals surface area contributed by atoms with Crippen molar-refractivity contribution in [2.45, 2.75) is 13.5 Å². The first kappa shape index (κ1) is 17.4. The molecule has 0 bridgehead atoms. The number of fused-ring (bicyclic) bond motifs is 1. The van der Waals surface area contributed by atoms with Gasteiger partial charge in [-0.2, -0.15) is 0 Å². The van der Waals surface area contributed by atoms with Crippen LogP contribution in [0.2, 0.25) is 0 Å². The minimum absolute atomic E-state index is 0.441. The number of ether oxygens (including phenoxy) is 1. The number of benzene rings is 1. The van der Waals surface area contributed by atoms with E-state index in [1.165, 1.54) is 16.5 Å². The molecule has 0 atom stereocenters. The number of thiophene rings is 1. The van der Waals surface area contributed by atoms with Gasteiger partial charge in [0.1, 0.15) is 17.3 Å². The molecule has 136 valence electrons. The highest BCUT2D eigenvalue weighted by Crippen LogP contribution is 2.38. The molecule has 1 fully saturated rings. The first-order chi connectivity index (χ1) is 12.8. The first-order valence-electron chi connectivity index (χ1n) is 9.10. The van der Waals surface area contributed by atoms with Crippen molar-refractivity contribution in [2.75, 3.05) is 44.7 Å². The van der Waals surface area contributed by atoms with Gasteiger partial charge in [-0.05, 0) is 12.1 Å². The number of piperazine rings is 1. The largest absolute Gasteiger partial charge is 0.377 e. The van der Waals surface area contributed by atoms with Crippen LogP contribution in [0, 0.1) is 0 Å². The number of likely N-dealkylation sites (N-methyl/N-ethyl adjacent to an activating group) is 1. The van der Waals surface area contributed by atoms with Crippen molar-refractivity contribution in [1.29, 1.82) is 0 Å². The Morgan fingerprint density at radius 2 is 1.85 bits per heavy atom. The third-order valence-electron chi connectivity index (χ3n) is 4.94. The van der Waals surface area contributed by atoms with Crippen molar-refractivity contribution >= 4 is 27.4 Å². The molecule has 3 aromatic rings. The summed E-state index contributed by atoms with van der Waals surface area (Å²) in [5, 5.41) is 3.38. The minimum Gasteiger partial charge on any atom is -0.377 e. The van der Waals surface area contributed by atoms with Gasteiger partial charge in [0.05, 0.1) is 5.39 Å². The molecule has 1 aliphatic heterocycles. The highest BCUT2D eigenvalue weighted by molar-refractivity contribution is 7.17. The predicted molar refractivity (Wildman–Crippen MR) is 108 cm³/mol. The Morgan fingerprint density at radius 3 is 2.54 bits per heavy atom. The van der Waals surface area contributed by atoms with Crippen molar-refractivity contribution < 1.29 is 4.74 Å². The van der Waals surface area contributed by atoms with Crippen LogP contribution in [-0.4, -0.2) is 54.7 Å². The lowest BCUT2D eigenvalue weighted by molar-refractivity contribution is 0.178. The molecule has 1 aliphatic rings. The normalized spacial score (nSPS) is 15.7. The van der Waals surface area contributed by atoms with Crippen LogP contribution in [0.4, 0.5) is 5.82 Å². The number of anilines is 1. The highest BCUT2D eigenvalue weighted by Gasteiger charge is 2.23. The van der Waals surface area contributed by atoms with Crippen LogP contribution >= 0.6 is 11.3 Å². The quantitative estimate of drug-likeness (QED) is 0.688. The van der Waals surface area contributed by atoms with Crippen LogP contribution < -0.4 is 4.90 Å². The Kier molecular flexibility index (Phi) is 5.15. The molecule has 0 N–H and O–H groups in total. The van der Waals surface area contributed by atoms with Gasteiger partial charge >= 0.3 is 0 Å². The number of aromatic nitrogens is 2. The predicted octanol–water partition coefficient (Wildman–Crippen LogP) is 3.65. The second kappa shape index (κ2) is 7.70. The summed E-state index contributed by atoms with van der Waals surface area (Å²) in [6.07, 6.45) is 0. The number of hydrogen-bond donors (Lipinski definition) is 0. The summed E-state index contributed by atoms with van der Waals surface area (Å²) in [4.78, 5) is 15.6. The summed E-state index contributed by atoms with van der Waals surface area (Å²) in [5.41, 5.74) is 2.44. The molecule has 0 saturated carbocycles. The van der Waals surface area contributed by atoms with Crippen LogP contribution in [0.3, 0.4) is 0 Å². The van der Waals surface area contributed by atoms with E-state index in [9.17, 15) is 0 Å². The summed E-state index contributed by atoms with van der Waals surface area (Å²) in [6, 6.07) is 10.5. The van der Waals surface area contributed by atoms with Crippen LogP contribution in [0.15, 0.2) is 35.7 Å². The van der Waals surface area contributed by atoms with Crippen molar-refractivity contribution in [3.63, 3.8) is 0 Å². The maximum absolute atomic E-state index is 5.30. The molecule has 0 aliphatic carbocycles. The van der Waals surface area contributed by atoms with E-state index in [0.717, 1.165) is 49.2 Å². The zero-order chi connectivity index (χ0) is 17.9. The molecule has 0 unspecified atom stereocenters. The highest BCUT2D eigenvalue weighted by atomic mass is 32.1. The molecular weight excluding hydrogens is 344 g/mol. The lowest BCUT2D eigenvalue weighted by atomic mass is 10.1. The van der Waals surface area contributed by atoms with Gasteiger partial charge in [-0.25, -0.2) is 9.97 Å². The van der Waals surface area contributed by atoms with Crippen molar-refractivity contribution in [3.05, 3.63) is 41.5 Å². The van der Waals surface area contributed by atoms with Gasteiger partial charge in [-0.15, -0.1) is 11.3 Å². The van der Waals surface area contributed by atoms with E-state index >= 15 is 0 Å². The number of hydrogen-bond acceptors (Lipinski definition) is 6. The summed E-state index contributed by atoms with van der Waals surface area (Å²) in [7, 11) is 1.69. The van der Waals surface area contributed by atoms with Crippen LogP contribution in [0.1, 0.15) is 12.7 Å². The summed E-state index contributed by atoms with van der Waals surface area (Å²) >= 11 is 1.69. The lowest BCUT2D eigenvalue weighted by Gasteiger charge is -2.35. The maximum atomic E-state index is 5.30. The molecule has 3 heterocycles. The van der Waals surface area contributed by atoms with Crippen LogP contribution in [0.5, 0.6) is 0 Å². The zero-order valence-electron chi connectivity index (χ0n) is 15.3. The second-order valence-corrected chi connectivity index (χ2v) is 7.37. The minimum atomic E-state index is 0.441. The Hall–Kier alpha value is -2.02. The summed E-state index contributed by atoms with van der Waals surface area (Å²) < 4.78 is 5.30. The third-order valence-corrected chi connectivity index (χ3v) is 5.81. The average Bonchev–Trinajstić information content (AvgIpc) is 3.12. The molecule has 0 radical (unpaired) electrons. The molecule has 5 nitrogen and oxygen atoms in total. The molecule has 0 amide bonds. The fraction of sp³-hybridized carbons (Fsp3) is 0.400. The molecule has 4 rings (SSSR count). The van der Waals surface area contributed by atoms with Gasteiger partial charge in [-0.1, -0.05) is 37.3 Å². The van der Waals surface area contributed by atoms with E-state index in [1.54, 1.807) is 18.4 Å². The molecular formula is C20H24N4OS. The van der Waals surface area contributed by atoms with Gasteiger partial charge in [0, 0.05) is 44.2 Å². The smallest absolute Gasteiger partial charge is 0.158 e. The summed E-state index contributed by atoms with van der Waals surface area (Å²) in [5.74, 6) is 1.81. The topological polar surface area (TPSA) is 41.5 Å². The number of rotatable bonds is 5. The molecule has 2 aromatic heterocycles. The average molecular weight is 369 g/mol. The van der Waals surface area contributed by atoms with Gasteiger partial charge in [0.25, 0.3) is 0 Å². The SMILES string of the molecule is CCN1CCN(c2nc(COC)nc3scc(-c4ccccc4)c23)CC1. The van der Waals surface area contributed by atoms with Crippen LogP contribution in [0.25, 0.3) is 21.3 Å². The molecule has 1 aromatic carbocycles. The third kappa shape index (κ3) is 3.32. The Bertz CT molecular complexity index is 872. The Morgan fingerprint density at radius 1 is 1.08 bits per heavy atom. The number of nitrogens with zero attached hydrogens (tertiary/aromatic N) is 4. The van der Waals surface area contributed by atoms with E-state index < -0.39 is 0 Å². The molecule has 6 heteroatoms. The Balaban J connectivity index is 1.81. The number of methoxy groups -OCH3 is 1. The van der Waals surface area contributed by atoms with E-state index in [0.29, 0.717) is 6.61 Å². The van der Waals surface area contributed by atoms with Crippen molar-refractivity contribution in [1.82, 2.24) is 14.9 Å². The fourth-order valence-corrected chi connectivity index (χ4v) is 4.46. The second-order valence-electron chi connectivity index (χ2n) is 6.51. The molecule has 1 saturated heterocycles. The first-order valence-corrected chi connectivity index (χ1v) is 9.98. The van der Waals surface area contributed by atoms with Gasteiger partial charge < -0.3 is 14.5 Å². The van der Waals surface area contributed by atoms with Gasteiger partial charge in [-0.3, -0.25) is 0 Å². The van der Waals surface area contributed by atoms with Crippen molar-refractivity contribution in [3.8, 4) is 11.1 Å². The van der Waals surface area contributed by atoms with E-state index in [2.05, 4.69) is 52.4 Å². The lowest BCUT2D eigenvalue weighted by Crippen LogP contribution is -2.46. The fourth-order valence-electron chi connectivity index (χ4n) is 3.49. The monoisotopic (exact) mass is 368 g/mol. The maximum Gasteiger partial charge on any atom is 0.158 e. The van der Waals surface area contributed by atoms with E-state index in [1.807, 2.05) is 0 Å². The van der Waals surface area contributed by atoms with Crippen molar-refractivity contribution in [2.24, 2.45) is 0 Å². The van der Waals surface area contributed by atoms with Gasteiger partial charge in [0.2, 0.25) is 0 Å². The standard InChI is InChI=1S/C20H24N4OS/c1-3-23-9-11-24(12-10-23)19-18-16(15-7-5-4-6-8-15)14-26-20(18)22-17(21-19)13-25-2/h4-8,14H,3,9-13H2,1-2H3. The zero-order valence-corrected chi connectivity index (χ0v) is 16.1. The molecule has 0 spiro atoms. The van der Waals surface area contributed by atoms with E-state index in [-0.39, 0.29) is 0 Å².